The Morgan fingerprint density at radius 1 is 1.32 bits per heavy atom. The number of carbonyl (C=O) groups excluding carboxylic acids is 1. The molecule has 166 valence electrons. The summed E-state index contributed by atoms with van der Waals surface area (Å²) in [6.07, 6.45) is 2.42. The maximum Gasteiger partial charge on any atom is 0.252 e. The molecule has 0 aliphatic rings. The first-order valence-corrected chi connectivity index (χ1v) is 10.1. The smallest absolute Gasteiger partial charge is 0.252 e. The van der Waals surface area contributed by atoms with Gasteiger partial charge in [0.1, 0.15) is 5.82 Å². The molecule has 0 saturated heterocycles. The van der Waals surface area contributed by atoms with Crippen LogP contribution in [0.15, 0.2) is 30.5 Å². The van der Waals surface area contributed by atoms with Crippen molar-refractivity contribution in [2.45, 2.75) is 38.9 Å². The fourth-order valence-electron chi connectivity index (χ4n) is 3.31. The van der Waals surface area contributed by atoms with Gasteiger partial charge >= 0.3 is 0 Å². The Hall–Kier alpha value is -3.24. The van der Waals surface area contributed by atoms with E-state index >= 15 is 0 Å². The molecule has 10 heteroatoms. The zero-order valence-electron chi connectivity index (χ0n) is 17.9. The predicted octanol–water partition coefficient (Wildman–Crippen LogP) is 2.60. The third-order valence-corrected chi connectivity index (χ3v) is 5.05. The number of nitrogens with two attached hydrogens (primary N) is 2. The number of methoxy groups -OCH3 is 1. The second-order valence-corrected chi connectivity index (χ2v) is 7.36. The Bertz CT molecular complexity index is 1070. The van der Waals surface area contributed by atoms with Gasteiger partial charge in [-0.15, -0.1) is 0 Å². The van der Waals surface area contributed by atoms with E-state index in [4.69, 9.17) is 16.2 Å². The van der Waals surface area contributed by atoms with Crippen LogP contribution in [-0.4, -0.2) is 46.5 Å². The first kappa shape index (κ1) is 22.4. The number of carbonyl (C=O) groups is 1. The highest BCUT2D eigenvalue weighted by atomic mass is 19.1. The van der Waals surface area contributed by atoms with E-state index in [1.54, 1.807) is 13.3 Å². The molecule has 2 atom stereocenters. The van der Waals surface area contributed by atoms with Crippen molar-refractivity contribution in [1.29, 1.82) is 0 Å². The van der Waals surface area contributed by atoms with Crippen molar-refractivity contribution in [1.82, 2.24) is 14.8 Å². The first-order chi connectivity index (χ1) is 14.8. The lowest BCUT2D eigenvalue weighted by Crippen LogP contribution is -2.38. The van der Waals surface area contributed by atoms with Gasteiger partial charge in [-0.05, 0) is 37.6 Å². The third kappa shape index (κ3) is 5.09. The largest absolute Gasteiger partial charge is 0.383 e. The summed E-state index contributed by atoms with van der Waals surface area (Å²) in [4.78, 5) is 16.2. The fraction of sp³-hybridized carbons (Fsp3) is 0.381. The average Bonchev–Trinajstić information content (AvgIpc) is 3.13. The van der Waals surface area contributed by atoms with Gasteiger partial charge in [0.15, 0.2) is 11.6 Å². The number of hydrogen-bond donors (Lipinski definition) is 4. The Balaban J connectivity index is 1.93. The number of primary amides is 1. The van der Waals surface area contributed by atoms with Gasteiger partial charge in [-0.2, -0.15) is 5.10 Å². The molecule has 1 aromatic carbocycles. The number of nitrogens with zero attached hydrogens (tertiary/aromatic N) is 3. The summed E-state index contributed by atoms with van der Waals surface area (Å²) in [5.74, 6) is -1.30. The van der Waals surface area contributed by atoms with E-state index in [0.29, 0.717) is 25.3 Å². The Morgan fingerprint density at radius 3 is 2.74 bits per heavy atom. The maximum atomic E-state index is 14.6. The highest BCUT2D eigenvalue weighted by Crippen LogP contribution is 2.26. The van der Waals surface area contributed by atoms with Crippen molar-refractivity contribution in [2.75, 3.05) is 24.4 Å². The summed E-state index contributed by atoms with van der Waals surface area (Å²) in [7, 11) is 1.64. The lowest BCUT2D eigenvalue weighted by molar-refractivity contribution is 0.100. The molecule has 3 rings (SSSR count). The van der Waals surface area contributed by atoms with Crippen LogP contribution in [0.4, 0.5) is 21.7 Å². The van der Waals surface area contributed by atoms with E-state index in [0.717, 1.165) is 17.0 Å². The van der Waals surface area contributed by atoms with Crippen LogP contribution in [0.25, 0.3) is 10.9 Å². The molecule has 1 amide bonds. The zero-order valence-corrected chi connectivity index (χ0v) is 17.9. The summed E-state index contributed by atoms with van der Waals surface area (Å²) in [6, 6.07) is 6.28. The number of nitrogens with one attached hydrogen (secondary N) is 2. The maximum absolute atomic E-state index is 14.6. The molecule has 0 fully saturated rings. The number of ether oxygens (including phenoxy) is 1. The van der Waals surface area contributed by atoms with Gasteiger partial charge < -0.3 is 26.8 Å². The molecule has 2 heterocycles. The summed E-state index contributed by atoms with van der Waals surface area (Å²) in [5, 5.41) is 11.3. The number of halogens is 1. The van der Waals surface area contributed by atoms with Gasteiger partial charge in [0.2, 0.25) is 0 Å². The van der Waals surface area contributed by atoms with Gasteiger partial charge in [-0.25, -0.2) is 9.37 Å². The number of pyridine rings is 1. The van der Waals surface area contributed by atoms with Gasteiger partial charge in [0.05, 0.1) is 30.4 Å². The Morgan fingerprint density at radius 2 is 2.10 bits per heavy atom. The average molecular weight is 430 g/mol. The minimum absolute atomic E-state index is 0.00473. The Labute approximate surface area is 180 Å². The summed E-state index contributed by atoms with van der Waals surface area (Å²) in [5.41, 5.74) is 13.0. The number of amides is 1. The molecule has 31 heavy (non-hydrogen) atoms. The van der Waals surface area contributed by atoms with E-state index in [2.05, 4.69) is 20.7 Å². The number of anilines is 3. The molecule has 0 spiro atoms. The monoisotopic (exact) mass is 429 g/mol. The molecule has 0 saturated carbocycles. The molecule has 0 radical (unpaired) electrons. The SMILES string of the molecule is CC[C@@H](Nc1nc(Nc2ccc3c(cnn3CCOC)c2)c(C(N)=O)cc1F)[C@H](C)N. The van der Waals surface area contributed by atoms with Gasteiger partial charge in [0.25, 0.3) is 5.91 Å². The predicted molar refractivity (Wildman–Crippen MR) is 119 cm³/mol. The van der Waals surface area contributed by atoms with Crippen molar-refractivity contribution in [3.63, 3.8) is 0 Å². The number of aromatic nitrogens is 3. The number of hydrogen-bond acceptors (Lipinski definition) is 7. The van der Waals surface area contributed by atoms with E-state index in [1.165, 1.54) is 0 Å². The zero-order chi connectivity index (χ0) is 22.5. The molecule has 2 aromatic heterocycles. The van der Waals surface area contributed by atoms with E-state index in [9.17, 15) is 9.18 Å². The highest BCUT2D eigenvalue weighted by Gasteiger charge is 2.19. The van der Waals surface area contributed by atoms with E-state index in [1.807, 2.05) is 36.7 Å². The van der Waals surface area contributed by atoms with Crippen LogP contribution in [-0.2, 0) is 11.3 Å². The summed E-state index contributed by atoms with van der Waals surface area (Å²) < 4.78 is 21.5. The molecule has 0 bridgehead atoms. The lowest BCUT2D eigenvalue weighted by atomic mass is 10.1. The fourth-order valence-corrected chi connectivity index (χ4v) is 3.31. The lowest BCUT2D eigenvalue weighted by Gasteiger charge is -2.22. The highest BCUT2D eigenvalue weighted by molar-refractivity contribution is 5.99. The van der Waals surface area contributed by atoms with Crippen LogP contribution >= 0.6 is 0 Å². The van der Waals surface area contributed by atoms with E-state index in [-0.39, 0.29) is 29.3 Å². The first-order valence-electron chi connectivity index (χ1n) is 10.1. The van der Waals surface area contributed by atoms with Crippen LogP contribution < -0.4 is 22.1 Å². The minimum Gasteiger partial charge on any atom is -0.383 e. The minimum atomic E-state index is -0.784. The molecule has 0 unspecified atom stereocenters. The standard InChI is InChI=1S/C21H28FN7O2/c1-4-17(12(2)23)27-21-16(22)10-15(19(24)30)20(28-21)26-14-5-6-18-13(9-14)11-25-29(18)7-8-31-3/h5-6,9-12,17H,4,7-8,23H2,1-3H3,(H2,24,30)(H2,26,27,28)/t12-,17+/m0/s1. The van der Waals surface area contributed by atoms with Crippen molar-refractivity contribution in [3.8, 4) is 0 Å². The number of benzene rings is 1. The van der Waals surface area contributed by atoms with Crippen molar-refractivity contribution < 1.29 is 13.9 Å². The van der Waals surface area contributed by atoms with Gasteiger partial charge in [-0.1, -0.05) is 6.92 Å². The molecular weight excluding hydrogens is 401 g/mol. The van der Waals surface area contributed by atoms with Gasteiger partial charge in [-0.3, -0.25) is 9.48 Å². The van der Waals surface area contributed by atoms with Crippen LogP contribution in [0.1, 0.15) is 30.6 Å². The van der Waals surface area contributed by atoms with Crippen LogP contribution in [0.2, 0.25) is 0 Å². The molecule has 0 aliphatic heterocycles. The van der Waals surface area contributed by atoms with Crippen LogP contribution in [0, 0.1) is 5.82 Å². The molecular formula is C21H28FN7O2. The van der Waals surface area contributed by atoms with Crippen LogP contribution in [0.5, 0.6) is 0 Å². The molecule has 6 N–H and O–H groups in total. The van der Waals surface area contributed by atoms with Crippen molar-refractivity contribution >= 4 is 34.1 Å². The van der Waals surface area contributed by atoms with Crippen molar-refractivity contribution in [2.24, 2.45) is 11.5 Å². The second kappa shape index (κ2) is 9.71. The quantitative estimate of drug-likeness (QED) is 0.389. The molecule has 0 aliphatic carbocycles. The van der Waals surface area contributed by atoms with Gasteiger partial charge in [0, 0.05) is 30.3 Å². The van der Waals surface area contributed by atoms with Crippen molar-refractivity contribution in [3.05, 3.63) is 41.8 Å². The Kier molecular flexibility index (Phi) is 7.03. The third-order valence-electron chi connectivity index (χ3n) is 5.05. The number of fused-ring (bicyclic) bond motifs is 1. The number of rotatable bonds is 10. The van der Waals surface area contributed by atoms with E-state index < -0.39 is 11.7 Å². The topological polar surface area (TPSA) is 133 Å². The van der Waals surface area contributed by atoms with Crippen LogP contribution in [0.3, 0.4) is 0 Å². The summed E-state index contributed by atoms with van der Waals surface area (Å²) >= 11 is 0. The second-order valence-electron chi connectivity index (χ2n) is 7.36. The summed E-state index contributed by atoms with van der Waals surface area (Å²) in [6.45, 7) is 4.95. The molecule has 9 nitrogen and oxygen atoms in total. The normalized spacial score (nSPS) is 13.2. The molecule has 3 aromatic rings.